The molecule has 0 unspecified atom stereocenters. The highest BCUT2D eigenvalue weighted by atomic mass is 127. The highest BCUT2D eigenvalue weighted by Crippen LogP contribution is 2.19. The summed E-state index contributed by atoms with van der Waals surface area (Å²) in [7, 11) is 1.83. The molecule has 1 saturated heterocycles. The van der Waals surface area contributed by atoms with Crippen molar-refractivity contribution in [2.24, 2.45) is 4.99 Å². The number of aliphatic imine (C=N–C) groups is 1. The smallest absolute Gasteiger partial charge is 0.191 e. The number of benzene rings is 1. The normalized spacial score (nSPS) is 15.5. The number of hydrogen-bond donors (Lipinski definition) is 2. The Morgan fingerprint density at radius 2 is 2.00 bits per heavy atom. The lowest BCUT2D eigenvalue weighted by Gasteiger charge is -2.34. The zero-order chi connectivity index (χ0) is 17.5. The largest absolute Gasteiger partial charge is 0.371 e. The molecule has 3 rings (SSSR count). The molecule has 2 heterocycles. The molecule has 0 spiro atoms. The van der Waals surface area contributed by atoms with Gasteiger partial charge in [0.15, 0.2) is 5.96 Å². The van der Waals surface area contributed by atoms with Crippen LogP contribution in [-0.2, 0) is 13.0 Å². The van der Waals surface area contributed by atoms with Crippen molar-refractivity contribution in [2.45, 2.75) is 38.8 Å². The van der Waals surface area contributed by atoms with Crippen LogP contribution >= 0.6 is 35.3 Å². The third kappa shape index (κ3) is 5.84. The topological polar surface area (TPSA) is 52.6 Å². The Balaban J connectivity index is 0.00000243. The molecular weight excluding hydrogens is 457 g/mol. The van der Waals surface area contributed by atoms with Crippen molar-refractivity contribution in [1.29, 1.82) is 0 Å². The number of aromatic nitrogens is 1. The summed E-state index contributed by atoms with van der Waals surface area (Å²) in [4.78, 5) is 12.6. The highest BCUT2D eigenvalue weighted by Gasteiger charge is 2.20. The first-order valence-electron chi connectivity index (χ1n) is 8.99. The second kappa shape index (κ2) is 10.7. The van der Waals surface area contributed by atoms with Gasteiger partial charge in [0.1, 0.15) is 5.01 Å². The fraction of sp³-hybridized carbons (Fsp3) is 0.474. The number of thiazole rings is 1. The molecule has 7 heteroatoms. The van der Waals surface area contributed by atoms with Gasteiger partial charge in [0.05, 0.1) is 6.54 Å². The molecule has 2 N–H and O–H groups in total. The van der Waals surface area contributed by atoms with E-state index in [0.717, 1.165) is 49.9 Å². The molecule has 142 valence electrons. The highest BCUT2D eigenvalue weighted by molar-refractivity contribution is 14.0. The van der Waals surface area contributed by atoms with Gasteiger partial charge in [-0.1, -0.05) is 25.1 Å². The summed E-state index contributed by atoms with van der Waals surface area (Å²) >= 11 is 1.77. The van der Waals surface area contributed by atoms with Crippen molar-refractivity contribution in [3.63, 3.8) is 0 Å². The molecule has 0 amide bonds. The van der Waals surface area contributed by atoms with E-state index in [-0.39, 0.29) is 24.0 Å². The van der Waals surface area contributed by atoms with Crippen molar-refractivity contribution >= 4 is 47.0 Å². The van der Waals surface area contributed by atoms with Gasteiger partial charge in [0.2, 0.25) is 0 Å². The minimum atomic E-state index is 0. The van der Waals surface area contributed by atoms with E-state index in [9.17, 15) is 0 Å². The SMILES string of the molecule is CCc1cnc(CNC(=NC)NC2CCN(c3ccccc3)CC2)s1.I. The molecule has 1 aromatic carbocycles. The fourth-order valence-corrected chi connectivity index (χ4v) is 3.86. The standard InChI is InChI=1S/C19H27N5S.HI/c1-3-17-13-21-18(25-17)14-22-19(20-2)23-15-9-11-24(12-10-15)16-7-5-4-6-8-16;/h4-8,13,15H,3,9-12,14H2,1-2H3,(H2,20,22,23);1H. The average molecular weight is 485 g/mol. The van der Waals surface area contributed by atoms with Crippen molar-refractivity contribution in [3.05, 3.63) is 46.4 Å². The molecule has 26 heavy (non-hydrogen) atoms. The molecule has 5 nitrogen and oxygen atoms in total. The molecule has 0 radical (unpaired) electrons. The average Bonchev–Trinajstić information content (AvgIpc) is 3.14. The van der Waals surface area contributed by atoms with E-state index in [0.29, 0.717) is 6.04 Å². The van der Waals surface area contributed by atoms with E-state index >= 15 is 0 Å². The van der Waals surface area contributed by atoms with Crippen LogP contribution in [0.3, 0.4) is 0 Å². The minimum absolute atomic E-state index is 0. The van der Waals surface area contributed by atoms with Crippen molar-refractivity contribution in [3.8, 4) is 0 Å². The number of para-hydroxylation sites is 1. The quantitative estimate of drug-likeness (QED) is 0.386. The lowest BCUT2D eigenvalue weighted by atomic mass is 10.0. The third-order valence-electron chi connectivity index (χ3n) is 4.54. The summed E-state index contributed by atoms with van der Waals surface area (Å²) in [5, 5.41) is 8.05. The number of nitrogens with zero attached hydrogens (tertiary/aromatic N) is 3. The maximum atomic E-state index is 4.45. The van der Waals surface area contributed by atoms with Crippen LogP contribution < -0.4 is 15.5 Å². The van der Waals surface area contributed by atoms with Gasteiger partial charge in [-0.2, -0.15) is 0 Å². The molecule has 0 bridgehead atoms. The van der Waals surface area contributed by atoms with Crippen LogP contribution in [0.5, 0.6) is 0 Å². The maximum absolute atomic E-state index is 4.45. The Bertz CT molecular complexity index is 680. The molecule has 0 saturated carbocycles. The number of rotatable bonds is 5. The Hall–Kier alpha value is -1.35. The predicted octanol–water partition coefficient (Wildman–Crippen LogP) is 3.66. The minimum Gasteiger partial charge on any atom is -0.371 e. The van der Waals surface area contributed by atoms with E-state index in [4.69, 9.17) is 0 Å². The van der Waals surface area contributed by atoms with Gasteiger partial charge in [0, 0.05) is 42.9 Å². The van der Waals surface area contributed by atoms with E-state index in [1.165, 1.54) is 10.6 Å². The number of nitrogens with one attached hydrogen (secondary N) is 2. The van der Waals surface area contributed by atoms with Crippen molar-refractivity contribution in [1.82, 2.24) is 15.6 Å². The Kier molecular flexibility index (Phi) is 8.64. The summed E-state index contributed by atoms with van der Waals surface area (Å²) in [5.74, 6) is 0.867. The second-order valence-electron chi connectivity index (χ2n) is 6.24. The first-order valence-corrected chi connectivity index (χ1v) is 9.81. The Morgan fingerprint density at radius 1 is 1.27 bits per heavy atom. The number of halogens is 1. The Labute approximate surface area is 177 Å². The van der Waals surface area contributed by atoms with Gasteiger partial charge in [0.25, 0.3) is 0 Å². The van der Waals surface area contributed by atoms with Crippen LogP contribution in [-0.4, -0.2) is 37.1 Å². The van der Waals surface area contributed by atoms with Gasteiger partial charge < -0.3 is 15.5 Å². The summed E-state index contributed by atoms with van der Waals surface area (Å²) in [6.07, 6.45) is 5.25. The monoisotopic (exact) mass is 485 g/mol. The first-order chi connectivity index (χ1) is 12.3. The number of piperidine rings is 1. The number of aryl methyl sites for hydroxylation is 1. The van der Waals surface area contributed by atoms with Crippen LogP contribution in [0.4, 0.5) is 5.69 Å². The fourth-order valence-electron chi connectivity index (χ4n) is 3.06. The molecule has 1 aliphatic rings. The number of anilines is 1. The summed E-state index contributed by atoms with van der Waals surface area (Å²) < 4.78 is 0. The first kappa shape index (κ1) is 21.0. The van der Waals surface area contributed by atoms with Crippen molar-refractivity contribution < 1.29 is 0 Å². The molecular formula is C19H28IN5S. The lowest BCUT2D eigenvalue weighted by Crippen LogP contribution is -2.48. The van der Waals surface area contributed by atoms with Crippen LogP contribution in [0.25, 0.3) is 0 Å². The van der Waals surface area contributed by atoms with E-state index in [1.807, 2.05) is 13.2 Å². The lowest BCUT2D eigenvalue weighted by molar-refractivity contribution is 0.461. The van der Waals surface area contributed by atoms with Crippen LogP contribution in [0.15, 0.2) is 41.5 Å². The maximum Gasteiger partial charge on any atom is 0.191 e. The van der Waals surface area contributed by atoms with Gasteiger partial charge >= 0.3 is 0 Å². The zero-order valence-electron chi connectivity index (χ0n) is 15.4. The molecule has 1 fully saturated rings. The van der Waals surface area contributed by atoms with E-state index in [2.05, 4.69) is 62.8 Å². The zero-order valence-corrected chi connectivity index (χ0v) is 18.6. The van der Waals surface area contributed by atoms with Crippen molar-refractivity contribution in [2.75, 3.05) is 25.0 Å². The van der Waals surface area contributed by atoms with Gasteiger partial charge in [-0.25, -0.2) is 4.98 Å². The third-order valence-corrected chi connectivity index (χ3v) is 5.68. The van der Waals surface area contributed by atoms with E-state index < -0.39 is 0 Å². The molecule has 0 aliphatic carbocycles. The second-order valence-corrected chi connectivity index (χ2v) is 7.44. The molecule has 2 aromatic rings. The molecule has 1 aliphatic heterocycles. The predicted molar refractivity (Wildman–Crippen MR) is 122 cm³/mol. The Morgan fingerprint density at radius 3 is 2.62 bits per heavy atom. The van der Waals surface area contributed by atoms with E-state index in [1.54, 1.807) is 11.3 Å². The van der Waals surface area contributed by atoms with Gasteiger partial charge in [-0.05, 0) is 31.4 Å². The summed E-state index contributed by atoms with van der Waals surface area (Å²) in [6, 6.07) is 11.1. The number of guanidine groups is 1. The molecule has 0 atom stereocenters. The number of hydrogen-bond acceptors (Lipinski definition) is 4. The van der Waals surface area contributed by atoms with Gasteiger partial charge in [-0.15, -0.1) is 35.3 Å². The summed E-state index contributed by atoms with van der Waals surface area (Å²) in [6.45, 7) is 5.04. The molecule has 1 aromatic heterocycles. The summed E-state index contributed by atoms with van der Waals surface area (Å²) in [5.41, 5.74) is 1.32. The van der Waals surface area contributed by atoms with Crippen LogP contribution in [0, 0.1) is 0 Å². The van der Waals surface area contributed by atoms with Crippen LogP contribution in [0.1, 0.15) is 29.7 Å². The van der Waals surface area contributed by atoms with Gasteiger partial charge in [-0.3, -0.25) is 4.99 Å². The van der Waals surface area contributed by atoms with Crippen LogP contribution in [0.2, 0.25) is 0 Å².